The normalized spacial score (nSPS) is 10.5. The average molecular weight is 306 g/mol. The van der Waals surface area contributed by atoms with Crippen LogP contribution in [0.1, 0.15) is 27.2 Å². The summed E-state index contributed by atoms with van der Waals surface area (Å²) in [6.07, 6.45) is 4.73. The van der Waals surface area contributed by atoms with Crippen LogP contribution in [0.25, 0.3) is 0 Å². The van der Waals surface area contributed by atoms with Gasteiger partial charge in [0.2, 0.25) is 0 Å². The van der Waals surface area contributed by atoms with E-state index in [0.29, 0.717) is 18.7 Å². The van der Waals surface area contributed by atoms with Crippen molar-refractivity contribution in [2.24, 2.45) is 0 Å². The van der Waals surface area contributed by atoms with Crippen molar-refractivity contribution in [1.82, 2.24) is 9.88 Å². The molecule has 0 saturated heterocycles. The number of nitrogens with zero attached hydrogens (tertiary/aromatic N) is 2. The van der Waals surface area contributed by atoms with Crippen LogP contribution in [0.3, 0.4) is 0 Å². The molecule has 0 saturated carbocycles. The molecule has 4 nitrogen and oxygen atoms in total. The van der Waals surface area contributed by atoms with E-state index in [1.165, 1.54) is 18.1 Å². The summed E-state index contributed by atoms with van der Waals surface area (Å²) in [7, 11) is 0. The minimum absolute atomic E-state index is 0.0640. The van der Waals surface area contributed by atoms with Gasteiger partial charge in [-0.3, -0.25) is 9.78 Å². The molecule has 1 aromatic carbocycles. The SMILES string of the molecule is Cc1cccc(CN(Cc2ccccn2)C(=O)c2ccoc2)c1. The predicted octanol–water partition coefficient (Wildman–Crippen LogP) is 3.83. The third-order valence-corrected chi connectivity index (χ3v) is 3.59. The van der Waals surface area contributed by atoms with Crippen LogP contribution in [0.2, 0.25) is 0 Å². The van der Waals surface area contributed by atoms with Crippen LogP contribution in [-0.2, 0) is 13.1 Å². The second-order valence-electron chi connectivity index (χ2n) is 5.48. The summed E-state index contributed by atoms with van der Waals surface area (Å²) < 4.78 is 5.04. The Balaban J connectivity index is 1.85. The van der Waals surface area contributed by atoms with Crippen molar-refractivity contribution in [2.45, 2.75) is 20.0 Å². The predicted molar refractivity (Wildman–Crippen MR) is 87.7 cm³/mol. The van der Waals surface area contributed by atoms with Crippen molar-refractivity contribution in [1.29, 1.82) is 0 Å². The van der Waals surface area contributed by atoms with E-state index in [9.17, 15) is 4.79 Å². The van der Waals surface area contributed by atoms with E-state index >= 15 is 0 Å². The molecule has 0 fully saturated rings. The molecule has 0 spiro atoms. The lowest BCUT2D eigenvalue weighted by atomic mass is 10.1. The highest BCUT2D eigenvalue weighted by Crippen LogP contribution is 2.14. The number of carbonyl (C=O) groups is 1. The molecule has 2 aromatic heterocycles. The van der Waals surface area contributed by atoms with Gasteiger partial charge in [0.15, 0.2) is 0 Å². The second-order valence-corrected chi connectivity index (χ2v) is 5.48. The summed E-state index contributed by atoms with van der Waals surface area (Å²) in [5.41, 5.74) is 3.68. The zero-order valence-electron chi connectivity index (χ0n) is 13.0. The van der Waals surface area contributed by atoms with Gasteiger partial charge in [-0.25, -0.2) is 0 Å². The van der Waals surface area contributed by atoms with Crippen molar-refractivity contribution in [3.05, 3.63) is 89.6 Å². The van der Waals surface area contributed by atoms with Gasteiger partial charge in [-0.2, -0.15) is 0 Å². The standard InChI is InChI=1S/C19H18N2O2/c1-15-5-4-6-16(11-15)12-21(13-18-7-2-3-9-20-18)19(22)17-8-10-23-14-17/h2-11,14H,12-13H2,1H3. The van der Waals surface area contributed by atoms with Gasteiger partial charge >= 0.3 is 0 Å². The molecular formula is C19H18N2O2. The molecule has 0 N–H and O–H groups in total. The fourth-order valence-corrected chi connectivity index (χ4v) is 2.49. The highest BCUT2D eigenvalue weighted by atomic mass is 16.3. The number of hydrogen-bond donors (Lipinski definition) is 0. The first-order chi connectivity index (χ1) is 11.2. The fraction of sp³-hybridized carbons (Fsp3) is 0.158. The van der Waals surface area contributed by atoms with Crippen LogP contribution in [-0.4, -0.2) is 15.8 Å². The maximum atomic E-state index is 12.7. The number of carbonyl (C=O) groups excluding carboxylic acids is 1. The summed E-state index contributed by atoms with van der Waals surface area (Å²) >= 11 is 0. The number of hydrogen-bond acceptors (Lipinski definition) is 3. The van der Waals surface area contributed by atoms with Gasteiger partial charge in [0.05, 0.1) is 24.1 Å². The summed E-state index contributed by atoms with van der Waals surface area (Å²) in [5, 5.41) is 0. The number of aryl methyl sites for hydroxylation is 1. The molecule has 1 amide bonds. The van der Waals surface area contributed by atoms with E-state index < -0.39 is 0 Å². The first kappa shape index (κ1) is 15.0. The molecule has 4 heteroatoms. The van der Waals surface area contributed by atoms with Gasteiger partial charge in [0.1, 0.15) is 6.26 Å². The van der Waals surface area contributed by atoms with Crippen LogP contribution >= 0.6 is 0 Å². The number of furan rings is 1. The minimum Gasteiger partial charge on any atom is -0.472 e. The summed E-state index contributed by atoms with van der Waals surface area (Å²) in [4.78, 5) is 18.8. The lowest BCUT2D eigenvalue weighted by Gasteiger charge is -2.22. The molecule has 0 atom stereocenters. The molecule has 0 aliphatic heterocycles. The van der Waals surface area contributed by atoms with Crippen molar-refractivity contribution in [3.8, 4) is 0 Å². The third kappa shape index (κ3) is 3.86. The number of rotatable bonds is 5. The Bertz CT molecular complexity index is 767. The van der Waals surface area contributed by atoms with Gasteiger partial charge in [0.25, 0.3) is 5.91 Å². The summed E-state index contributed by atoms with van der Waals surface area (Å²) in [6, 6.07) is 15.6. The summed E-state index contributed by atoms with van der Waals surface area (Å²) in [5.74, 6) is -0.0640. The van der Waals surface area contributed by atoms with Gasteiger partial charge < -0.3 is 9.32 Å². The van der Waals surface area contributed by atoms with Crippen molar-refractivity contribution in [3.63, 3.8) is 0 Å². The topological polar surface area (TPSA) is 46.3 Å². The lowest BCUT2D eigenvalue weighted by Crippen LogP contribution is -2.30. The minimum atomic E-state index is -0.0640. The highest BCUT2D eigenvalue weighted by Gasteiger charge is 2.18. The monoisotopic (exact) mass is 306 g/mol. The molecule has 116 valence electrons. The van der Waals surface area contributed by atoms with E-state index in [2.05, 4.69) is 11.1 Å². The highest BCUT2D eigenvalue weighted by molar-refractivity contribution is 5.93. The molecule has 23 heavy (non-hydrogen) atoms. The smallest absolute Gasteiger partial charge is 0.257 e. The Labute approximate surface area is 135 Å². The number of aromatic nitrogens is 1. The molecule has 3 rings (SSSR count). The second kappa shape index (κ2) is 6.92. The fourth-order valence-electron chi connectivity index (χ4n) is 2.49. The Morgan fingerprint density at radius 1 is 1.13 bits per heavy atom. The molecule has 0 aliphatic carbocycles. The van der Waals surface area contributed by atoms with Gasteiger partial charge in [-0.1, -0.05) is 35.9 Å². The molecule has 3 aromatic rings. The number of benzene rings is 1. The Morgan fingerprint density at radius 3 is 2.74 bits per heavy atom. The molecule has 0 aliphatic rings. The van der Waals surface area contributed by atoms with E-state index in [0.717, 1.165) is 11.3 Å². The van der Waals surface area contributed by atoms with Crippen molar-refractivity contribution in [2.75, 3.05) is 0 Å². The Morgan fingerprint density at radius 2 is 2.04 bits per heavy atom. The average Bonchev–Trinajstić information content (AvgIpc) is 3.09. The molecule has 0 unspecified atom stereocenters. The molecule has 2 heterocycles. The van der Waals surface area contributed by atoms with E-state index in [4.69, 9.17) is 4.42 Å². The van der Waals surface area contributed by atoms with Crippen molar-refractivity contribution >= 4 is 5.91 Å². The Hall–Kier alpha value is -2.88. The van der Waals surface area contributed by atoms with E-state index in [-0.39, 0.29) is 5.91 Å². The van der Waals surface area contributed by atoms with Crippen molar-refractivity contribution < 1.29 is 9.21 Å². The first-order valence-electron chi connectivity index (χ1n) is 7.49. The largest absolute Gasteiger partial charge is 0.472 e. The Kier molecular flexibility index (Phi) is 4.52. The summed E-state index contributed by atoms with van der Waals surface area (Å²) in [6.45, 7) is 3.03. The quantitative estimate of drug-likeness (QED) is 0.720. The van der Waals surface area contributed by atoms with Crippen LogP contribution < -0.4 is 0 Å². The molecule has 0 radical (unpaired) electrons. The van der Waals surface area contributed by atoms with Gasteiger partial charge in [0, 0.05) is 12.7 Å². The van der Waals surface area contributed by atoms with Gasteiger partial charge in [-0.05, 0) is 30.7 Å². The number of pyridine rings is 1. The lowest BCUT2D eigenvalue weighted by molar-refractivity contribution is 0.0727. The molecular weight excluding hydrogens is 288 g/mol. The van der Waals surface area contributed by atoms with Crippen LogP contribution in [0.4, 0.5) is 0 Å². The van der Waals surface area contributed by atoms with Crippen LogP contribution in [0.5, 0.6) is 0 Å². The number of amides is 1. The maximum Gasteiger partial charge on any atom is 0.257 e. The zero-order valence-corrected chi connectivity index (χ0v) is 13.0. The maximum absolute atomic E-state index is 12.7. The van der Waals surface area contributed by atoms with Crippen LogP contribution in [0, 0.1) is 6.92 Å². The van der Waals surface area contributed by atoms with E-state index in [1.54, 1.807) is 17.2 Å². The van der Waals surface area contributed by atoms with Crippen LogP contribution in [0.15, 0.2) is 71.7 Å². The van der Waals surface area contributed by atoms with Gasteiger partial charge in [-0.15, -0.1) is 0 Å². The molecule has 0 bridgehead atoms. The van der Waals surface area contributed by atoms with E-state index in [1.807, 2.05) is 43.3 Å². The first-order valence-corrected chi connectivity index (χ1v) is 7.49. The third-order valence-electron chi connectivity index (χ3n) is 3.59. The zero-order chi connectivity index (χ0) is 16.1.